The van der Waals surface area contributed by atoms with Crippen LogP contribution in [-0.4, -0.2) is 38.3 Å². The van der Waals surface area contributed by atoms with Crippen LogP contribution in [0.3, 0.4) is 0 Å². The maximum Gasteiger partial charge on any atom is 0.281 e. The van der Waals surface area contributed by atoms with Crippen molar-refractivity contribution in [3.8, 4) is 11.4 Å². The molecular formula is C26H25ClN6O3. The van der Waals surface area contributed by atoms with Gasteiger partial charge in [-0.25, -0.2) is 4.68 Å². The van der Waals surface area contributed by atoms with Crippen molar-refractivity contribution in [1.82, 2.24) is 24.1 Å². The number of hydrogen-bond acceptors (Lipinski definition) is 5. The lowest BCUT2D eigenvalue weighted by Gasteiger charge is -2.22. The minimum atomic E-state index is -0.290. The molecule has 0 radical (unpaired) electrons. The first-order valence-electron chi connectivity index (χ1n) is 11.3. The molecule has 0 amide bonds. The van der Waals surface area contributed by atoms with Crippen LogP contribution >= 0.6 is 11.6 Å². The molecule has 1 N–H and O–H groups in total. The molecule has 0 bridgehead atoms. The molecule has 0 spiro atoms. The van der Waals surface area contributed by atoms with Crippen LogP contribution in [0.4, 0.5) is 5.69 Å². The predicted molar refractivity (Wildman–Crippen MR) is 141 cm³/mol. The van der Waals surface area contributed by atoms with E-state index in [9.17, 15) is 9.59 Å². The molecule has 3 heterocycles. The Morgan fingerprint density at radius 3 is 2.61 bits per heavy atom. The standard InChI is InChI=1S/C26H25ClN6O3/c1-30(18-7-6-8-19(13-18)36-3)16-23-25-21(14-24(34)32(23)15-17-11-12-31(2)28-17)29-33(26(25)35)22-10-5-4-9-20(22)27/h4-14,29H,15-16H2,1-3H3. The monoisotopic (exact) mass is 504 g/mol. The first-order chi connectivity index (χ1) is 17.4. The normalized spacial score (nSPS) is 11.2. The number of anilines is 1. The van der Waals surface area contributed by atoms with Gasteiger partial charge in [0.05, 0.1) is 53.2 Å². The maximum absolute atomic E-state index is 13.7. The zero-order valence-electron chi connectivity index (χ0n) is 20.1. The third kappa shape index (κ3) is 4.29. The number of aromatic amines is 1. The molecule has 9 nitrogen and oxygen atoms in total. The number of halogens is 1. The van der Waals surface area contributed by atoms with E-state index in [1.54, 1.807) is 40.6 Å². The van der Waals surface area contributed by atoms with E-state index in [2.05, 4.69) is 10.2 Å². The second kappa shape index (κ2) is 9.43. The molecule has 0 unspecified atom stereocenters. The lowest BCUT2D eigenvalue weighted by atomic mass is 10.2. The van der Waals surface area contributed by atoms with Crippen molar-refractivity contribution in [3.05, 3.63) is 104 Å². The maximum atomic E-state index is 13.7. The highest BCUT2D eigenvalue weighted by Crippen LogP contribution is 2.24. The molecule has 5 rings (SSSR count). The Morgan fingerprint density at radius 1 is 1.08 bits per heavy atom. The van der Waals surface area contributed by atoms with Gasteiger partial charge in [0.15, 0.2) is 0 Å². The van der Waals surface area contributed by atoms with Crippen LogP contribution in [0, 0.1) is 0 Å². The van der Waals surface area contributed by atoms with Crippen LogP contribution in [0.1, 0.15) is 11.4 Å². The molecule has 3 aromatic heterocycles. The number of ether oxygens (including phenoxy) is 1. The molecule has 0 aliphatic carbocycles. The second-order valence-electron chi connectivity index (χ2n) is 8.55. The van der Waals surface area contributed by atoms with Gasteiger partial charge in [0.2, 0.25) is 0 Å². The van der Waals surface area contributed by atoms with Crippen LogP contribution in [-0.2, 0) is 20.1 Å². The zero-order valence-corrected chi connectivity index (χ0v) is 20.9. The van der Waals surface area contributed by atoms with E-state index in [-0.39, 0.29) is 17.7 Å². The first-order valence-corrected chi connectivity index (χ1v) is 11.7. The van der Waals surface area contributed by atoms with Crippen LogP contribution in [0.15, 0.2) is 76.4 Å². The lowest BCUT2D eigenvalue weighted by molar-refractivity contribution is 0.415. The Hall–Kier alpha value is -4.24. The number of aryl methyl sites for hydroxylation is 1. The van der Waals surface area contributed by atoms with Crippen molar-refractivity contribution >= 4 is 28.2 Å². The van der Waals surface area contributed by atoms with Gasteiger partial charge in [-0.3, -0.25) is 19.4 Å². The third-order valence-corrected chi connectivity index (χ3v) is 6.45. The number of nitrogens with zero attached hydrogens (tertiary/aromatic N) is 5. The van der Waals surface area contributed by atoms with E-state index >= 15 is 0 Å². The van der Waals surface area contributed by atoms with Crippen molar-refractivity contribution in [2.24, 2.45) is 7.05 Å². The highest BCUT2D eigenvalue weighted by atomic mass is 35.5. The number of para-hydroxylation sites is 1. The summed E-state index contributed by atoms with van der Waals surface area (Å²) in [5.74, 6) is 0.714. The molecule has 5 aromatic rings. The molecule has 184 valence electrons. The Bertz CT molecular complexity index is 1680. The number of hydrogen-bond donors (Lipinski definition) is 1. The van der Waals surface area contributed by atoms with Gasteiger partial charge >= 0.3 is 0 Å². The molecular weight excluding hydrogens is 480 g/mol. The molecule has 0 aliphatic rings. The number of benzene rings is 2. The van der Waals surface area contributed by atoms with Gasteiger partial charge in [0, 0.05) is 38.1 Å². The Labute approximate surface area is 211 Å². The van der Waals surface area contributed by atoms with Gasteiger partial charge in [-0.2, -0.15) is 5.10 Å². The van der Waals surface area contributed by atoms with Gasteiger partial charge in [-0.1, -0.05) is 29.8 Å². The average Bonchev–Trinajstić information content (AvgIpc) is 3.43. The van der Waals surface area contributed by atoms with Gasteiger partial charge in [0.25, 0.3) is 11.1 Å². The SMILES string of the molecule is COc1cccc(N(C)Cc2c3c(=O)n(-c4ccccc4Cl)[nH]c3cc(=O)n2Cc2ccn(C)n2)c1. The minimum absolute atomic E-state index is 0.230. The molecule has 0 aliphatic heterocycles. The summed E-state index contributed by atoms with van der Waals surface area (Å²) < 4.78 is 10.0. The summed E-state index contributed by atoms with van der Waals surface area (Å²) in [5.41, 5.74) is 2.58. The fraction of sp³-hybridized carbons (Fsp3) is 0.192. The number of fused-ring (bicyclic) bond motifs is 1. The van der Waals surface area contributed by atoms with E-state index in [0.29, 0.717) is 45.3 Å². The third-order valence-electron chi connectivity index (χ3n) is 6.13. The van der Waals surface area contributed by atoms with Crippen molar-refractivity contribution in [1.29, 1.82) is 0 Å². The zero-order chi connectivity index (χ0) is 25.4. The molecule has 2 aromatic carbocycles. The van der Waals surface area contributed by atoms with Gasteiger partial charge in [0.1, 0.15) is 5.75 Å². The van der Waals surface area contributed by atoms with Crippen LogP contribution in [0.25, 0.3) is 16.6 Å². The summed E-state index contributed by atoms with van der Waals surface area (Å²) in [5, 5.41) is 8.35. The number of methoxy groups -OCH3 is 1. The van der Waals surface area contributed by atoms with E-state index in [4.69, 9.17) is 16.3 Å². The summed E-state index contributed by atoms with van der Waals surface area (Å²) in [6.07, 6.45) is 1.82. The Morgan fingerprint density at radius 2 is 1.89 bits per heavy atom. The minimum Gasteiger partial charge on any atom is -0.497 e. The number of aromatic nitrogens is 5. The summed E-state index contributed by atoms with van der Waals surface area (Å²) in [4.78, 5) is 29.1. The van der Waals surface area contributed by atoms with Gasteiger partial charge in [-0.15, -0.1) is 0 Å². The Kier molecular flexibility index (Phi) is 6.15. The van der Waals surface area contributed by atoms with Crippen molar-refractivity contribution in [2.75, 3.05) is 19.1 Å². The summed E-state index contributed by atoms with van der Waals surface area (Å²) in [6, 6.07) is 18.0. The van der Waals surface area contributed by atoms with E-state index in [0.717, 1.165) is 5.69 Å². The number of nitrogens with one attached hydrogen (secondary N) is 1. The summed E-state index contributed by atoms with van der Waals surface area (Å²) in [7, 11) is 5.34. The van der Waals surface area contributed by atoms with E-state index in [1.165, 1.54) is 10.7 Å². The fourth-order valence-electron chi connectivity index (χ4n) is 4.32. The van der Waals surface area contributed by atoms with Crippen molar-refractivity contribution in [2.45, 2.75) is 13.1 Å². The largest absolute Gasteiger partial charge is 0.497 e. The smallest absolute Gasteiger partial charge is 0.281 e. The van der Waals surface area contributed by atoms with Crippen molar-refractivity contribution in [3.63, 3.8) is 0 Å². The highest BCUT2D eigenvalue weighted by molar-refractivity contribution is 6.32. The molecule has 0 saturated heterocycles. The molecule has 0 fully saturated rings. The Balaban J connectivity index is 1.71. The number of rotatable bonds is 7. The van der Waals surface area contributed by atoms with Gasteiger partial charge in [-0.05, 0) is 30.3 Å². The molecule has 10 heteroatoms. The topological polar surface area (TPSA) is 90.1 Å². The van der Waals surface area contributed by atoms with Crippen LogP contribution < -0.4 is 20.8 Å². The predicted octanol–water partition coefficient (Wildman–Crippen LogP) is 3.56. The van der Waals surface area contributed by atoms with Crippen molar-refractivity contribution < 1.29 is 4.74 Å². The highest BCUT2D eigenvalue weighted by Gasteiger charge is 2.21. The van der Waals surface area contributed by atoms with E-state index in [1.807, 2.05) is 55.5 Å². The second-order valence-corrected chi connectivity index (χ2v) is 8.95. The van der Waals surface area contributed by atoms with E-state index < -0.39 is 0 Å². The van der Waals surface area contributed by atoms with Crippen LogP contribution in [0.5, 0.6) is 5.75 Å². The summed E-state index contributed by atoms with van der Waals surface area (Å²) >= 11 is 6.39. The number of H-pyrrole nitrogens is 1. The van der Waals surface area contributed by atoms with Crippen LogP contribution in [0.2, 0.25) is 5.02 Å². The average molecular weight is 505 g/mol. The molecule has 0 saturated carbocycles. The molecule has 36 heavy (non-hydrogen) atoms. The van der Waals surface area contributed by atoms with Gasteiger partial charge < -0.3 is 14.2 Å². The lowest BCUT2D eigenvalue weighted by Crippen LogP contribution is -2.29. The molecule has 0 atom stereocenters. The fourth-order valence-corrected chi connectivity index (χ4v) is 4.54. The first kappa shape index (κ1) is 23.5. The summed E-state index contributed by atoms with van der Waals surface area (Å²) in [6.45, 7) is 0.524. The number of pyridine rings is 1. The quantitative estimate of drug-likeness (QED) is 0.366.